The summed E-state index contributed by atoms with van der Waals surface area (Å²) in [5.74, 6) is 0.278. The molecule has 1 heterocycles. The molecule has 21 heavy (non-hydrogen) atoms. The van der Waals surface area contributed by atoms with Gasteiger partial charge in [0.1, 0.15) is 5.54 Å². The van der Waals surface area contributed by atoms with Crippen LogP contribution in [0, 0.1) is 0 Å². The lowest BCUT2D eigenvalue weighted by Gasteiger charge is -2.38. The highest BCUT2D eigenvalue weighted by molar-refractivity contribution is 6.30. The van der Waals surface area contributed by atoms with Gasteiger partial charge in [-0.25, -0.2) is 4.98 Å². The molecule has 5 nitrogen and oxygen atoms in total. The quantitative estimate of drug-likeness (QED) is 0.888. The number of rotatable bonds is 5. The molecule has 0 aliphatic heterocycles. The van der Waals surface area contributed by atoms with Gasteiger partial charge in [0.25, 0.3) is 0 Å². The van der Waals surface area contributed by atoms with Crippen molar-refractivity contribution >= 4 is 17.6 Å². The number of aliphatic carboxylic acids is 1. The monoisotopic (exact) mass is 306 g/mol. The summed E-state index contributed by atoms with van der Waals surface area (Å²) in [5, 5.41) is 12.9. The number of halogens is 1. The predicted octanol–water partition coefficient (Wildman–Crippen LogP) is 3.09. The summed E-state index contributed by atoms with van der Waals surface area (Å²) >= 11 is 5.94. The van der Waals surface area contributed by atoms with E-state index in [1.54, 1.807) is 18.3 Å². The molecule has 1 fully saturated rings. The molecule has 3 rings (SSSR count). The lowest BCUT2D eigenvalue weighted by molar-refractivity contribution is -0.149. The highest BCUT2D eigenvalue weighted by Crippen LogP contribution is 2.32. The van der Waals surface area contributed by atoms with E-state index in [1.165, 1.54) is 0 Å². The van der Waals surface area contributed by atoms with Crippen LogP contribution >= 0.6 is 11.6 Å². The van der Waals surface area contributed by atoms with Crippen molar-refractivity contribution in [3.63, 3.8) is 0 Å². The zero-order chi connectivity index (χ0) is 14.9. The molecular formula is C15H15ClN2O3. The van der Waals surface area contributed by atoms with Gasteiger partial charge in [-0.05, 0) is 31.4 Å². The minimum atomic E-state index is -0.815. The summed E-state index contributed by atoms with van der Waals surface area (Å²) in [6, 6.07) is 7.31. The summed E-state index contributed by atoms with van der Waals surface area (Å²) in [5.41, 5.74) is 0.0304. The van der Waals surface area contributed by atoms with Crippen molar-refractivity contribution in [3.05, 3.63) is 41.4 Å². The fourth-order valence-electron chi connectivity index (χ4n) is 2.41. The van der Waals surface area contributed by atoms with Gasteiger partial charge in [-0.1, -0.05) is 23.7 Å². The normalized spacial score (nSPS) is 16.4. The number of oxazole rings is 1. The molecule has 2 N–H and O–H groups in total. The van der Waals surface area contributed by atoms with Gasteiger partial charge in [0.05, 0.1) is 12.7 Å². The lowest BCUT2D eigenvalue weighted by Crippen LogP contribution is -2.56. The van der Waals surface area contributed by atoms with Crippen LogP contribution in [0.3, 0.4) is 0 Å². The number of nitrogens with one attached hydrogen (secondary N) is 1. The van der Waals surface area contributed by atoms with Crippen molar-refractivity contribution in [2.24, 2.45) is 0 Å². The minimum Gasteiger partial charge on any atom is -0.480 e. The SMILES string of the molecule is O=C(O)C1(NCc2ncc(-c3cccc(Cl)c3)o2)CCC1. The Labute approximate surface area is 126 Å². The third-order valence-electron chi connectivity index (χ3n) is 3.86. The van der Waals surface area contributed by atoms with Crippen molar-refractivity contribution in [1.82, 2.24) is 10.3 Å². The number of hydrogen-bond donors (Lipinski definition) is 2. The molecule has 1 aromatic carbocycles. The summed E-state index contributed by atoms with van der Waals surface area (Å²) in [7, 11) is 0. The first kappa shape index (κ1) is 14.1. The molecule has 0 unspecified atom stereocenters. The molecule has 2 aromatic rings. The Balaban J connectivity index is 1.70. The van der Waals surface area contributed by atoms with Crippen molar-refractivity contribution in [2.45, 2.75) is 31.3 Å². The first-order chi connectivity index (χ1) is 10.1. The zero-order valence-corrected chi connectivity index (χ0v) is 12.1. The van der Waals surface area contributed by atoms with E-state index >= 15 is 0 Å². The van der Waals surface area contributed by atoms with Gasteiger partial charge in [0.15, 0.2) is 5.76 Å². The maximum atomic E-state index is 11.3. The molecule has 0 bridgehead atoms. The van der Waals surface area contributed by atoms with Gasteiger partial charge >= 0.3 is 5.97 Å². The second-order valence-corrected chi connectivity index (χ2v) is 5.66. The van der Waals surface area contributed by atoms with Crippen LogP contribution in [-0.2, 0) is 11.3 Å². The molecule has 0 atom stereocenters. The lowest BCUT2D eigenvalue weighted by atomic mass is 9.77. The molecule has 6 heteroatoms. The summed E-state index contributed by atoms with van der Waals surface area (Å²) < 4.78 is 5.64. The summed E-state index contributed by atoms with van der Waals surface area (Å²) in [4.78, 5) is 15.4. The van der Waals surface area contributed by atoms with E-state index in [-0.39, 0.29) is 0 Å². The van der Waals surface area contributed by atoms with Crippen LogP contribution in [0.4, 0.5) is 0 Å². The number of carboxylic acids is 1. The number of benzene rings is 1. The van der Waals surface area contributed by atoms with Crippen LogP contribution in [-0.4, -0.2) is 21.6 Å². The Morgan fingerprint density at radius 3 is 2.90 bits per heavy atom. The second kappa shape index (κ2) is 5.50. The van der Waals surface area contributed by atoms with E-state index in [0.717, 1.165) is 12.0 Å². The van der Waals surface area contributed by atoms with Gasteiger partial charge in [0.2, 0.25) is 5.89 Å². The number of nitrogens with zero attached hydrogens (tertiary/aromatic N) is 1. The number of aromatic nitrogens is 1. The van der Waals surface area contributed by atoms with Crippen molar-refractivity contribution in [3.8, 4) is 11.3 Å². The van der Waals surface area contributed by atoms with E-state index in [4.69, 9.17) is 16.0 Å². The molecule has 0 saturated heterocycles. The van der Waals surface area contributed by atoms with E-state index in [0.29, 0.717) is 36.1 Å². The standard InChI is InChI=1S/C15H15ClN2O3/c16-11-4-1-3-10(7-11)12-8-17-13(21-12)9-18-15(14(19)20)5-2-6-15/h1,3-4,7-8,18H,2,5-6,9H2,(H,19,20). The van der Waals surface area contributed by atoms with E-state index in [2.05, 4.69) is 10.3 Å². The number of hydrogen-bond acceptors (Lipinski definition) is 4. The van der Waals surface area contributed by atoms with Crippen LogP contribution in [0.2, 0.25) is 5.02 Å². The third-order valence-corrected chi connectivity index (χ3v) is 4.09. The summed E-state index contributed by atoms with van der Waals surface area (Å²) in [6.07, 6.45) is 3.84. The van der Waals surface area contributed by atoms with Gasteiger partial charge in [-0.3, -0.25) is 10.1 Å². The topological polar surface area (TPSA) is 75.4 Å². The molecule has 0 amide bonds. The van der Waals surface area contributed by atoms with Gasteiger partial charge in [-0.15, -0.1) is 0 Å². The van der Waals surface area contributed by atoms with Crippen LogP contribution in [0.5, 0.6) is 0 Å². The van der Waals surface area contributed by atoms with Crippen molar-refractivity contribution in [2.75, 3.05) is 0 Å². The van der Waals surface area contributed by atoms with Crippen molar-refractivity contribution in [1.29, 1.82) is 0 Å². The molecule has 1 saturated carbocycles. The smallest absolute Gasteiger partial charge is 0.323 e. The molecular weight excluding hydrogens is 292 g/mol. The molecule has 1 aliphatic rings. The third kappa shape index (κ3) is 2.80. The highest BCUT2D eigenvalue weighted by Gasteiger charge is 2.44. The number of carbonyl (C=O) groups is 1. The van der Waals surface area contributed by atoms with Gasteiger partial charge < -0.3 is 9.52 Å². The first-order valence-electron chi connectivity index (χ1n) is 6.78. The zero-order valence-electron chi connectivity index (χ0n) is 11.3. The second-order valence-electron chi connectivity index (χ2n) is 5.22. The maximum absolute atomic E-state index is 11.3. The van der Waals surface area contributed by atoms with E-state index < -0.39 is 11.5 Å². The predicted molar refractivity (Wildman–Crippen MR) is 78.0 cm³/mol. The maximum Gasteiger partial charge on any atom is 0.323 e. The minimum absolute atomic E-state index is 0.298. The first-order valence-corrected chi connectivity index (χ1v) is 7.16. The summed E-state index contributed by atoms with van der Waals surface area (Å²) in [6.45, 7) is 0.298. The Bertz CT molecular complexity index is 664. The Kier molecular flexibility index (Phi) is 3.69. The number of carboxylic acid groups (broad SMARTS) is 1. The fraction of sp³-hybridized carbons (Fsp3) is 0.333. The molecule has 1 aliphatic carbocycles. The van der Waals surface area contributed by atoms with Crippen LogP contribution in [0.15, 0.2) is 34.9 Å². The van der Waals surface area contributed by atoms with Crippen LogP contribution < -0.4 is 5.32 Å². The molecule has 0 spiro atoms. The van der Waals surface area contributed by atoms with Crippen LogP contribution in [0.1, 0.15) is 25.2 Å². The largest absolute Gasteiger partial charge is 0.480 e. The molecule has 1 aromatic heterocycles. The van der Waals surface area contributed by atoms with E-state index in [1.807, 2.05) is 12.1 Å². The Morgan fingerprint density at radius 2 is 2.29 bits per heavy atom. The van der Waals surface area contributed by atoms with E-state index in [9.17, 15) is 9.90 Å². The van der Waals surface area contributed by atoms with Crippen molar-refractivity contribution < 1.29 is 14.3 Å². The highest BCUT2D eigenvalue weighted by atomic mass is 35.5. The van der Waals surface area contributed by atoms with Gasteiger partial charge in [-0.2, -0.15) is 0 Å². The van der Waals surface area contributed by atoms with Gasteiger partial charge in [0, 0.05) is 10.6 Å². The molecule has 110 valence electrons. The molecule has 0 radical (unpaired) electrons. The fourth-order valence-corrected chi connectivity index (χ4v) is 2.60. The Morgan fingerprint density at radius 1 is 1.48 bits per heavy atom. The average Bonchev–Trinajstić information content (AvgIpc) is 2.86. The van der Waals surface area contributed by atoms with Crippen LogP contribution in [0.25, 0.3) is 11.3 Å². The Hall–Kier alpha value is -1.85. The average molecular weight is 307 g/mol.